The summed E-state index contributed by atoms with van der Waals surface area (Å²) in [6, 6.07) is 5.59. The van der Waals surface area contributed by atoms with E-state index >= 15 is 0 Å². The van der Waals surface area contributed by atoms with Gasteiger partial charge in [0, 0.05) is 12.7 Å². The molecule has 0 N–H and O–H groups in total. The lowest BCUT2D eigenvalue weighted by Gasteiger charge is -2.05. The van der Waals surface area contributed by atoms with Crippen molar-refractivity contribution in [2.45, 2.75) is 19.8 Å². The smallest absolute Gasteiger partial charge is 0.214 e. The predicted molar refractivity (Wildman–Crippen MR) is 63.2 cm³/mol. The first-order chi connectivity index (χ1) is 7.33. The molecule has 0 unspecified atom stereocenters. The molecule has 0 aliphatic rings. The summed E-state index contributed by atoms with van der Waals surface area (Å²) in [5, 5.41) is 0. The Morgan fingerprint density at radius 3 is 2.87 bits per heavy atom. The van der Waals surface area contributed by atoms with Gasteiger partial charge in [-0.3, -0.25) is 0 Å². The minimum atomic E-state index is 0.549. The zero-order chi connectivity index (χ0) is 10.9. The molecular formula is C11H16BrNO2. The van der Waals surface area contributed by atoms with Crippen LogP contribution in [0.4, 0.5) is 0 Å². The molecule has 0 amide bonds. The van der Waals surface area contributed by atoms with Gasteiger partial charge in [0.05, 0.1) is 6.61 Å². The zero-order valence-corrected chi connectivity index (χ0v) is 10.5. The number of aromatic nitrogens is 1. The molecule has 1 aromatic heterocycles. The summed E-state index contributed by atoms with van der Waals surface area (Å²) in [5.41, 5.74) is 0. The van der Waals surface area contributed by atoms with Gasteiger partial charge >= 0.3 is 0 Å². The summed E-state index contributed by atoms with van der Waals surface area (Å²) in [6.45, 7) is 4.12. The Balaban J connectivity index is 2.10. The van der Waals surface area contributed by atoms with Gasteiger partial charge in [0.2, 0.25) is 5.88 Å². The van der Waals surface area contributed by atoms with Crippen molar-refractivity contribution < 1.29 is 9.47 Å². The van der Waals surface area contributed by atoms with Crippen molar-refractivity contribution in [2.24, 2.45) is 0 Å². The van der Waals surface area contributed by atoms with Crippen LogP contribution in [0.25, 0.3) is 0 Å². The van der Waals surface area contributed by atoms with Crippen molar-refractivity contribution in [3.8, 4) is 5.88 Å². The summed E-state index contributed by atoms with van der Waals surface area (Å²) < 4.78 is 11.5. The standard InChI is InChI=1S/C11H16BrNO2/c1-2-3-7-14-8-9-15-11-6-4-5-10(12)13-11/h4-6H,2-3,7-9H2,1H3. The second-order valence-corrected chi connectivity index (χ2v) is 3.93. The number of nitrogens with zero attached hydrogens (tertiary/aromatic N) is 1. The van der Waals surface area contributed by atoms with E-state index < -0.39 is 0 Å². The fourth-order valence-corrected chi connectivity index (χ4v) is 1.35. The van der Waals surface area contributed by atoms with E-state index in [-0.39, 0.29) is 0 Å². The lowest BCUT2D eigenvalue weighted by molar-refractivity contribution is 0.0965. The van der Waals surface area contributed by atoms with Crippen LogP contribution in [0.3, 0.4) is 0 Å². The van der Waals surface area contributed by atoms with E-state index in [1.807, 2.05) is 18.2 Å². The molecule has 0 atom stereocenters. The molecule has 0 bridgehead atoms. The SMILES string of the molecule is CCCCOCCOc1cccc(Br)n1. The summed E-state index contributed by atoms with van der Waals surface area (Å²) in [6.07, 6.45) is 2.27. The minimum Gasteiger partial charge on any atom is -0.475 e. The lowest BCUT2D eigenvalue weighted by Crippen LogP contribution is -2.08. The monoisotopic (exact) mass is 273 g/mol. The second kappa shape index (κ2) is 7.65. The van der Waals surface area contributed by atoms with Crippen LogP contribution < -0.4 is 4.74 Å². The molecule has 3 nitrogen and oxygen atoms in total. The molecule has 15 heavy (non-hydrogen) atoms. The molecule has 0 aromatic carbocycles. The van der Waals surface area contributed by atoms with Gasteiger partial charge in [-0.25, -0.2) is 4.98 Å². The van der Waals surface area contributed by atoms with Gasteiger partial charge < -0.3 is 9.47 Å². The number of rotatable bonds is 7. The summed E-state index contributed by atoms with van der Waals surface area (Å²) in [5.74, 6) is 0.628. The van der Waals surface area contributed by atoms with Crippen molar-refractivity contribution in [3.05, 3.63) is 22.8 Å². The van der Waals surface area contributed by atoms with Gasteiger partial charge in [-0.2, -0.15) is 0 Å². The Morgan fingerprint density at radius 1 is 1.27 bits per heavy atom. The highest BCUT2D eigenvalue weighted by Crippen LogP contribution is 2.11. The number of ether oxygens (including phenoxy) is 2. The Hall–Kier alpha value is -0.610. The molecular weight excluding hydrogens is 258 g/mol. The number of unbranched alkanes of at least 4 members (excludes halogenated alkanes) is 1. The highest BCUT2D eigenvalue weighted by molar-refractivity contribution is 9.10. The largest absolute Gasteiger partial charge is 0.475 e. The van der Waals surface area contributed by atoms with E-state index in [9.17, 15) is 0 Å². The topological polar surface area (TPSA) is 31.4 Å². The van der Waals surface area contributed by atoms with Gasteiger partial charge in [0.15, 0.2) is 0 Å². The Bertz CT molecular complexity index is 281. The average Bonchev–Trinajstić information content (AvgIpc) is 2.23. The number of hydrogen-bond acceptors (Lipinski definition) is 3. The van der Waals surface area contributed by atoms with E-state index in [1.165, 1.54) is 0 Å². The molecule has 0 spiro atoms. The third kappa shape index (κ3) is 5.74. The van der Waals surface area contributed by atoms with Crippen molar-refractivity contribution in [2.75, 3.05) is 19.8 Å². The molecule has 84 valence electrons. The molecule has 0 saturated carbocycles. The summed E-state index contributed by atoms with van der Waals surface area (Å²) >= 11 is 3.28. The van der Waals surface area contributed by atoms with Crippen molar-refractivity contribution in [3.63, 3.8) is 0 Å². The van der Waals surface area contributed by atoms with Crippen LogP contribution in [0.2, 0.25) is 0 Å². The normalized spacial score (nSPS) is 10.3. The van der Waals surface area contributed by atoms with E-state index in [2.05, 4.69) is 27.8 Å². The molecule has 0 saturated heterocycles. The first-order valence-corrected chi connectivity index (χ1v) is 5.95. The van der Waals surface area contributed by atoms with Gasteiger partial charge in [-0.05, 0) is 28.4 Å². The highest BCUT2D eigenvalue weighted by Gasteiger charge is 1.95. The van der Waals surface area contributed by atoms with Crippen molar-refractivity contribution in [1.82, 2.24) is 4.98 Å². The molecule has 0 radical (unpaired) electrons. The van der Waals surface area contributed by atoms with E-state index in [0.29, 0.717) is 19.1 Å². The minimum absolute atomic E-state index is 0.549. The zero-order valence-electron chi connectivity index (χ0n) is 8.91. The van der Waals surface area contributed by atoms with Crippen LogP contribution in [0.1, 0.15) is 19.8 Å². The summed E-state index contributed by atoms with van der Waals surface area (Å²) in [4.78, 5) is 4.15. The lowest BCUT2D eigenvalue weighted by atomic mass is 10.4. The maximum Gasteiger partial charge on any atom is 0.214 e. The first-order valence-electron chi connectivity index (χ1n) is 5.16. The molecule has 1 rings (SSSR count). The van der Waals surface area contributed by atoms with Crippen LogP contribution in [0.5, 0.6) is 5.88 Å². The second-order valence-electron chi connectivity index (χ2n) is 3.11. The van der Waals surface area contributed by atoms with Gasteiger partial charge in [-0.1, -0.05) is 19.4 Å². The van der Waals surface area contributed by atoms with Gasteiger partial charge in [0.1, 0.15) is 11.2 Å². The quantitative estimate of drug-likeness (QED) is 0.565. The van der Waals surface area contributed by atoms with E-state index in [0.717, 1.165) is 24.1 Å². The fourth-order valence-electron chi connectivity index (χ4n) is 1.02. The van der Waals surface area contributed by atoms with E-state index in [4.69, 9.17) is 9.47 Å². The summed E-state index contributed by atoms with van der Waals surface area (Å²) in [7, 11) is 0. The molecule has 1 heterocycles. The first kappa shape index (κ1) is 12.5. The number of halogens is 1. The predicted octanol–water partition coefficient (Wildman–Crippen LogP) is 3.04. The number of hydrogen-bond donors (Lipinski definition) is 0. The highest BCUT2D eigenvalue weighted by atomic mass is 79.9. The molecule has 4 heteroatoms. The van der Waals surface area contributed by atoms with E-state index in [1.54, 1.807) is 0 Å². The fraction of sp³-hybridized carbons (Fsp3) is 0.545. The Kier molecular flexibility index (Phi) is 6.36. The molecule has 0 aliphatic heterocycles. The third-order valence-electron chi connectivity index (χ3n) is 1.81. The van der Waals surface area contributed by atoms with Crippen LogP contribution >= 0.6 is 15.9 Å². The van der Waals surface area contributed by atoms with Gasteiger partial charge in [-0.15, -0.1) is 0 Å². The number of pyridine rings is 1. The molecule has 1 aromatic rings. The maximum atomic E-state index is 5.40. The van der Waals surface area contributed by atoms with Gasteiger partial charge in [0.25, 0.3) is 0 Å². The third-order valence-corrected chi connectivity index (χ3v) is 2.25. The molecule has 0 aliphatic carbocycles. The van der Waals surface area contributed by atoms with Crippen LogP contribution in [0.15, 0.2) is 22.8 Å². The van der Waals surface area contributed by atoms with Crippen LogP contribution in [-0.4, -0.2) is 24.8 Å². The molecule has 0 fully saturated rings. The van der Waals surface area contributed by atoms with Crippen LogP contribution in [-0.2, 0) is 4.74 Å². The Labute approximate surface area is 98.9 Å². The maximum absolute atomic E-state index is 5.40. The average molecular weight is 274 g/mol. The van der Waals surface area contributed by atoms with Crippen molar-refractivity contribution >= 4 is 15.9 Å². The Morgan fingerprint density at radius 2 is 2.13 bits per heavy atom. The van der Waals surface area contributed by atoms with Crippen molar-refractivity contribution in [1.29, 1.82) is 0 Å². The van der Waals surface area contributed by atoms with Crippen LogP contribution in [0, 0.1) is 0 Å².